The van der Waals surface area contributed by atoms with Crippen LogP contribution in [0.1, 0.15) is 20.3 Å². The van der Waals surface area contributed by atoms with Crippen LogP contribution in [0.5, 0.6) is 0 Å². The molecule has 0 spiro atoms. The molecule has 1 aliphatic rings. The van der Waals surface area contributed by atoms with Gasteiger partial charge in [0, 0.05) is 5.54 Å². The van der Waals surface area contributed by atoms with Gasteiger partial charge >= 0.3 is 0 Å². The van der Waals surface area contributed by atoms with E-state index < -0.39 is 0 Å². The lowest BCUT2D eigenvalue weighted by Gasteiger charge is -2.10. The van der Waals surface area contributed by atoms with E-state index in [0.29, 0.717) is 0 Å². The van der Waals surface area contributed by atoms with Crippen LogP contribution in [0.3, 0.4) is 0 Å². The predicted molar refractivity (Wildman–Crippen MR) is 46.1 cm³/mol. The second kappa shape index (κ2) is 3.07. The van der Waals surface area contributed by atoms with Crippen LogP contribution in [0, 0.1) is 0 Å². The molecule has 54 valence electrons. The van der Waals surface area contributed by atoms with E-state index in [-0.39, 0.29) is 0 Å². The van der Waals surface area contributed by atoms with Gasteiger partial charge < -0.3 is 0 Å². The topological polar surface area (TPSA) is 0 Å². The van der Waals surface area contributed by atoms with Crippen molar-refractivity contribution in [2.24, 2.45) is 0 Å². The summed E-state index contributed by atoms with van der Waals surface area (Å²) in [6.45, 7) is 4.19. The van der Waals surface area contributed by atoms with Gasteiger partial charge in [-0.05, 0) is 31.4 Å². The molecule has 0 saturated heterocycles. The van der Waals surface area contributed by atoms with Crippen molar-refractivity contribution in [2.45, 2.75) is 20.3 Å². The molecule has 0 radical (unpaired) electrons. The fourth-order valence-electron chi connectivity index (χ4n) is 0.998. The minimum atomic E-state index is 1.01. The van der Waals surface area contributed by atoms with Gasteiger partial charge in [-0.15, -0.1) is 0 Å². The normalized spacial score (nSPS) is 22.5. The van der Waals surface area contributed by atoms with Crippen LogP contribution in [0.25, 0.3) is 0 Å². The third kappa shape index (κ3) is 1.51. The van der Waals surface area contributed by atoms with Crippen LogP contribution in [-0.4, -0.2) is 0 Å². The van der Waals surface area contributed by atoms with E-state index in [4.69, 9.17) is 11.6 Å². The molecule has 0 atom stereocenters. The third-order valence-corrected chi connectivity index (χ3v) is 1.99. The first-order valence-electron chi connectivity index (χ1n) is 3.37. The van der Waals surface area contributed by atoms with Crippen LogP contribution in [0.15, 0.2) is 34.4 Å². The number of hydrogen-bond acceptors (Lipinski definition) is 0. The van der Waals surface area contributed by atoms with Gasteiger partial charge in [0.05, 0.1) is 0 Å². The van der Waals surface area contributed by atoms with E-state index in [9.17, 15) is 0 Å². The minimum absolute atomic E-state index is 1.01. The summed E-state index contributed by atoms with van der Waals surface area (Å²) in [5.41, 5.74) is 5.56. The van der Waals surface area contributed by atoms with Gasteiger partial charge in [-0.2, -0.15) is 0 Å². The number of hydrogen-bond donors (Lipinski definition) is 0. The van der Waals surface area contributed by atoms with Crippen molar-refractivity contribution in [3.8, 4) is 0 Å². The quantitative estimate of drug-likeness (QED) is 0.502. The maximum absolute atomic E-state index is 5.61. The zero-order valence-electron chi connectivity index (χ0n) is 6.32. The molecule has 0 aliphatic heterocycles. The molecule has 10 heavy (non-hydrogen) atoms. The first kappa shape index (κ1) is 7.62. The highest BCUT2D eigenvalue weighted by molar-refractivity contribution is 6.26. The smallest absolute Gasteiger partial charge is 0.00804 e. The summed E-state index contributed by atoms with van der Waals surface area (Å²) < 4.78 is 0. The highest BCUT2D eigenvalue weighted by Gasteiger charge is 2.03. The SMILES string of the molecule is CC1=CC=C(C)/C(=C\Cl)C1. The Hall–Kier alpha value is -0.490. The van der Waals surface area contributed by atoms with Crippen LogP contribution in [0.4, 0.5) is 0 Å². The molecule has 0 unspecified atom stereocenters. The summed E-state index contributed by atoms with van der Waals surface area (Å²) in [4.78, 5) is 0. The van der Waals surface area contributed by atoms with E-state index in [1.165, 1.54) is 16.7 Å². The second-order valence-corrected chi connectivity index (χ2v) is 2.89. The van der Waals surface area contributed by atoms with Crippen molar-refractivity contribution in [1.29, 1.82) is 0 Å². The van der Waals surface area contributed by atoms with E-state index in [0.717, 1.165) is 6.42 Å². The molecular weight excluding hydrogens is 144 g/mol. The summed E-state index contributed by atoms with van der Waals surface area (Å²) in [6.07, 6.45) is 5.25. The fraction of sp³-hybridized carbons (Fsp3) is 0.333. The molecule has 0 N–H and O–H groups in total. The third-order valence-electron chi connectivity index (χ3n) is 1.73. The van der Waals surface area contributed by atoms with Crippen molar-refractivity contribution in [3.63, 3.8) is 0 Å². The van der Waals surface area contributed by atoms with Gasteiger partial charge in [-0.1, -0.05) is 29.3 Å². The standard InChI is InChI=1S/C9H11Cl/c1-7-3-4-8(2)9(5-7)6-10/h3-4,6H,5H2,1-2H3/b9-6-. The van der Waals surface area contributed by atoms with Gasteiger partial charge in [0.1, 0.15) is 0 Å². The Morgan fingerprint density at radius 3 is 2.60 bits per heavy atom. The monoisotopic (exact) mass is 154 g/mol. The number of allylic oxidation sites excluding steroid dienone is 5. The average Bonchev–Trinajstić information content (AvgIpc) is 1.94. The second-order valence-electron chi connectivity index (χ2n) is 2.67. The van der Waals surface area contributed by atoms with Crippen molar-refractivity contribution in [1.82, 2.24) is 0 Å². The molecule has 0 heterocycles. The molecule has 1 aliphatic carbocycles. The number of rotatable bonds is 0. The Balaban J connectivity index is 2.89. The first-order valence-corrected chi connectivity index (χ1v) is 3.81. The lowest BCUT2D eigenvalue weighted by Crippen LogP contribution is -1.91. The van der Waals surface area contributed by atoms with Crippen molar-refractivity contribution < 1.29 is 0 Å². The van der Waals surface area contributed by atoms with Gasteiger partial charge in [-0.3, -0.25) is 0 Å². The van der Waals surface area contributed by atoms with Crippen LogP contribution in [0.2, 0.25) is 0 Å². The minimum Gasteiger partial charge on any atom is -0.0926 e. The Labute approximate surface area is 66.9 Å². The molecule has 1 rings (SSSR count). The van der Waals surface area contributed by atoms with Crippen molar-refractivity contribution in [2.75, 3.05) is 0 Å². The molecule has 0 aromatic heterocycles. The number of halogens is 1. The van der Waals surface area contributed by atoms with E-state index >= 15 is 0 Å². The first-order chi connectivity index (χ1) is 4.74. The van der Waals surface area contributed by atoms with Crippen LogP contribution in [-0.2, 0) is 0 Å². The Morgan fingerprint density at radius 1 is 1.40 bits per heavy atom. The fourth-order valence-corrected chi connectivity index (χ4v) is 1.25. The lowest BCUT2D eigenvalue weighted by atomic mass is 9.96. The summed E-state index contributed by atoms with van der Waals surface area (Å²) in [7, 11) is 0. The van der Waals surface area contributed by atoms with Crippen LogP contribution < -0.4 is 0 Å². The molecule has 0 aromatic rings. The maximum atomic E-state index is 5.61. The van der Waals surface area contributed by atoms with Crippen molar-refractivity contribution >= 4 is 11.6 Å². The van der Waals surface area contributed by atoms with E-state index in [1.807, 2.05) is 0 Å². The predicted octanol–water partition coefficient (Wildman–Crippen LogP) is 3.41. The maximum Gasteiger partial charge on any atom is 0.00804 e. The lowest BCUT2D eigenvalue weighted by molar-refractivity contribution is 1.09. The Bertz CT molecular complexity index is 219. The van der Waals surface area contributed by atoms with Gasteiger partial charge in [0.25, 0.3) is 0 Å². The van der Waals surface area contributed by atoms with Crippen molar-refractivity contribution in [3.05, 3.63) is 34.4 Å². The average molecular weight is 155 g/mol. The highest BCUT2D eigenvalue weighted by Crippen LogP contribution is 2.23. The van der Waals surface area contributed by atoms with Crippen LogP contribution >= 0.6 is 11.6 Å². The van der Waals surface area contributed by atoms with Gasteiger partial charge in [0.15, 0.2) is 0 Å². The Morgan fingerprint density at radius 2 is 2.10 bits per heavy atom. The molecule has 0 nitrogen and oxygen atoms in total. The summed E-state index contributed by atoms with van der Waals surface area (Å²) in [5.74, 6) is 0. The van der Waals surface area contributed by atoms with Gasteiger partial charge in [-0.25, -0.2) is 0 Å². The summed E-state index contributed by atoms with van der Waals surface area (Å²) >= 11 is 5.61. The zero-order valence-corrected chi connectivity index (χ0v) is 7.07. The molecule has 0 bridgehead atoms. The summed E-state index contributed by atoms with van der Waals surface area (Å²) in [5, 5.41) is 0. The van der Waals surface area contributed by atoms with E-state index in [1.54, 1.807) is 5.54 Å². The molecule has 1 heteroatoms. The molecule has 0 amide bonds. The molecule has 0 saturated carbocycles. The summed E-state index contributed by atoms with van der Waals surface area (Å²) in [6, 6.07) is 0. The largest absolute Gasteiger partial charge is 0.0926 e. The van der Waals surface area contributed by atoms with Gasteiger partial charge in [0.2, 0.25) is 0 Å². The zero-order chi connectivity index (χ0) is 7.56. The highest BCUT2D eigenvalue weighted by atomic mass is 35.5. The molecular formula is C9H11Cl. The molecule has 0 aromatic carbocycles. The Kier molecular flexibility index (Phi) is 2.34. The van der Waals surface area contributed by atoms with E-state index in [2.05, 4.69) is 26.0 Å². The molecule has 0 fully saturated rings.